The maximum atomic E-state index is 14.1. The van der Waals surface area contributed by atoms with Gasteiger partial charge in [0.2, 0.25) is 0 Å². The molecule has 0 bridgehead atoms. The van der Waals surface area contributed by atoms with Crippen molar-refractivity contribution < 1.29 is 23.8 Å². The van der Waals surface area contributed by atoms with E-state index in [9.17, 15) is 19.1 Å². The van der Waals surface area contributed by atoms with E-state index in [1.54, 1.807) is 27.7 Å². The lowest BCUT2D eigenvalue weighted by Crippen LogP contribution is -2.50. The molecule has 1 aromatic carbocycles. The highest BCUT2D eigenvalue weighted by atomic mass is 19.1. The van der Waals surface area contributed by atoms with E-state index < -0.39 is 23.4 Å². The van der Waals surface area contributed by atoms with Crippen LogP contribution >= 0.6 is 0 Å². The van der Waals surface area contributed by atoms with Crippen molar-refractivity contribution in [3.05, 3.63) is 29.1 Å². The largest absolute Gasteiger partial charge is 0.508 e. The summed E-state index contributed by atoms with van der Waals surface area (Å²) in [5, 5.41) is 12.2. The number of ether oxygens (including phenoxy) is 1. The van der Waals surface area contributed by atoms with Gasteiger partial charge in [0, 0.05) is 25.2 Å². The van der Waals surface area contributed by atoms with Crippen LogP contribution < -0.4 is 5.32 Å². The second-order valence-corrected chi connectivity index (χ2v) is 7.36. The molecule has 1 aromatic rings. The van der Waals surface area contributed by atoms with Crippen molar-refractivity contribution in [2.75, 3.05) is 13.1 Å². The van der Waals surface area contributed by atoms with Crippen molar-refractivity contribution in [2.45, 2.75) is 52.2 Å². The van der Waals surface area contributed by atoms with Gasteiger partial charge in [0.25, 0.3) is 5.91 Å². The average Bonchev–Trinajstić information content (AvgIpc) is 2.44. The number of nitrogens with one attached hydrogen (secondary N) is 1. The monoisotopic (exact) mass is 352 g/mol. The molecule has 2 N–H and O–H groups in total. The number of phenolic OH excluding ortho intramolecular Hbond substituents is 1. The number of benzene rings is 1. The summed E-state index contributed by atoms with van der Waals surface area (Å²) in [5.41, 5.74) is -0.263. The lowest BCUT2D eigenvalue weighted by Gasteiger charge is -2.34. The molecule has 0 saturated carbocycles. The Balaban J connectivity index is 2.06. The quantitative estimate of drug-likeness (QED) is 0.858. The molecule has 7 heteroatoms. The molecule has 138 valence electrons. The number of aryl methyl sites for hydroxylation is 1. The van der Waals surface area contributed by atoms with Gasteiger partial charge in [0.1, 0.15) is 17.2 Å². The van der Waals surface area contributed by atoms with Crippen LogP contribution in [0.25, 0.3) is 0 Å². The van der Waals surface area contributed by atoms with Crippen LogP contribution in [0.5, 0.6) is 5.75 Å². The first-order chi connectivity index (χ1) is 11.6. The van der Waals surface area contributed by atoms with Gasteiger partial charge in [-0.05, 0) is 52.2 Å². The van der Waals surface area contributed by atoms with Crippen LogP contribution in [-0.2, 0) is 4.74 Å². The minimum absolute atomic E-state index is 0.0456. The first-order valence-electron chi connectivity index (χ1n) is 8.35. The van der Waals surface area contributed by atoms with Crippen molar-refractivity contribution in [2.24, 2.45) is 0 Å². The Hall–Kier alpha value is -2.31. The molecule has 1 aliphatic heterocycles. The predicted molar refractivity (Wildman–Crippen MR) is 91.1 cm³/mol. The number of carbonyl (C=O) groups is 2. The fraction of sp³-hybridized carbons (Fsp3) is 0.556. The standard InChI is InChI=1S/C18H25FN2O4/c1-11-8-13(22)9-14(19)15(11)16(23)21-7-5-6-12(10-21)20-17(24)25-18(2,3)4/h8-9,12,22H,5-7,10H2,1-4H3,(H,20,24)/t12-/m0/s1. The second kappa shape index (κ2) is 7.29. The number of piperidine rings is 1. The average molecular weight is 352 g/mol. The SMILES string of the molecule is Cc1cc(O)cc(F)c1C(=O)N1CCC[C@H](NC(=O)OC(C)(C)C)C1. The molecule has 0 aromatic heterocycles. The van der Waals surface area contributed by atoms with E-state index in [0.717, 1.165) is 12.5 Å². The zero-order valence-electron chi connectivity index (χ0n) is 15.1. The number of carbonyl (C=O) groups excluding carboxylic acids is 2. The highest BCUT2D eigenvalue weighted by molar-refractivity contribution is 5.96. The first kappa shape index (κ1) is 19.0. The number of phenols is 1. The molecular weight excluding hydrogens is 327 g/mol. The van der Waals surface area contributed by atoms with Crippen LogP contribution in [0.4, 0.5) is 9.18 Å². The summed E-state index contributed by atoms with van der Waals surface area (Å²) in [4.78, 5) is 26.1. The molecule has 0 aliphatic carbocycles. The van der Waals surface area contributed by atoms with E-state index in [1.807, 2.05) is 0 Å². The molecule has 0 unspecified atom stereocenters. The fourth-order valence-corrected chi connectivity index (χ4v) is 2.91. The summed E-state index contributed by atoms with van der Waals surface area (Å²) in [7, 11) is 0. The Morgan fingerprint density at radius 2 is 2.04 bits per heavy atom. The Bertz CT molecular complexity index is 647. The Morgan fingerprint density at radius 1 is 1.36 bits per heavy atom. The molecule has 0 spiro atoms. The van der Waals surface area contributed by atoms with E-state index in [4.69, 9.17) is 4.74 Å². The summed E-state index contributed by atoms with van der Waals surface area (Å²) in [5.74, 6) is -1.40. The van der Waals surface area contributed by atoms with Gasteiger partial charge in [-0.2, -0.15) is 0 Å². The van der Waals surface area contributed by atoms with Gasteiger partial charge in [0.05, 0.1) is 5.56 Å². The highest BCUT2D eigenvalue weighted by Crippen LogP contribution is 2.23. The van der Waals surface area contributed by atoms with E-state index in [2.05, 4.69) is 5.32 Å². The number of alkyl carbamates (subject to hydrolysis) is 1. The topological polar surface area (TPSA) is 78.9 Å². The Kier molecular flexibility index (Phi) is 5.55. The number of aromatic hydroxyl groups is 1. The lowest BCUT2D eigenvalue weighted by atomic mass is 10.0. The summed E-state index contributed by atoms with van der Waals surface area (Å²) >= 11 is 0. The fourth-order valence-electron chi connectivity index (χ4n) is 2.91. The van der Waals surface area contributed by atoms with Crippen LogP contribution in [0.3, 0.4) is 0 Å². The molecular formula is C18H25FN2O4. The van der Waals surface area contributed by atoms with Gasteiger partial charge in [-0.1, -0.05) is 0 Å². The van der Waals surface area contributed by atoms with Crippen molar-refractivity contribution >= 4 is 12.0 Å². The van der Waals surface area contributed by atoms with E-state index in [0.29, 0.717) is 18.5 Å². The molecule has 1 heterocycles. The summed E-state index contributed by atoms with van der Waals surface area (Å²) < 4.78 is 19.3. The van der Waals surface area contributed by atoms with Crippen LogP contribution in [0, 0.1) is 12.7 Å². The third-order valence-electron chi connectivity index (χ3n) is 3.92. The molecule has 25 heavy (non-hydrogen) atoms. The number of amides is 2. The van der Waals surface area contributed by atoms with Crippen molar-refractivity contribution in [1.29, 1.82) is 0 Å². The number of hydrogen-bond donors (Lipinski definition) is 2. The number of hydrogen-bond acceptors (Lipinski definition) is 4. The molecule has 1 fully saturated rings. The first-order valence-corrected chi connectivity index (χ1v) is 8.35. The molecule has 2 rings (SSSR count). The van der Waals surface area contributed by atoms with Crippen molar-refractivity contribution in [3.8, 4) is 5.75 Å². The van der Waals surface area contributed by atoms with Gasteiger partial charge in [-0.15, -0.1) is 0 Å². The zero-order valence-corrected chi connectivity index (χ0v) is 15.1. The minimum atomic E-state index is -0.746. The van der Waals surface area contributed by atoms with Gasteiger partial charge >= 0.3 is 6.09 Å². The van der Waals surface area contributed by atoms with Gasteiger partial charge in [-0.25, -0.2) is 9.18 Å². The molecule has 1 atom stereocenters. The van der Waals surface area contributed by atoms with E-state index >= 15 is 0 Å². The summed E-state index contributed by atoms with van der Waals surface area (Å²) in [6.07, 6.45) is 0.893. The van der Waals surface area contributed by atoms with Gasteiger partial charge in [0.15, 0.2) is 0 Å². The lowest BCUT2D eigenvalue weighted by molar-refractivity contribution is 0.0451. The van der Waals surface area contributed by atoms with E-state index in [-0.39, 0.29) is 23.9 Å². The maximum absolute atomic E-state index is 14.1. The summed E-state index contributed by atoms with van der Waals surface area (Å²) in [6.45, 7) is 7.69. The highest BCUT2D eigenvalue weighted by Gasteiger charge is 2.29. The summed E-state index contributed by atoms with van der Waals surface area (Å²) in [6, 6.07) is 2.05. The van der Waals surface area contributed by atoms with Crippen LogP contribution in [-0.4, -0.2) is 46.7 Å². The van der Waals surface area contributed by atoms with Crippen LogP contribution in [0.2, 0.25) is 0 Å². The third kappa shape index (κ3) is 5.08. The zero-order chi connectivity index (χ0) is 18.8. The third-order valence-corrected chi connectivity index (χ3v) is 3.92. The molecule has 6 nitrogen and oxygen atoms in total. The smallest absolute Gasteiger partial charge is 0.407 e. The number of likely N-dealkylation sites (tertiary alicyclic amines) is 1. The van der Waals surface area contributed by atoms with Crippen LogP contribution in [0.15, 0.2) is 12.1 Å². The maximum Gasteiger partial charge on any atom is 0.407 e. The van der Waals surface area contributed by atoms with Gasteiger partial charge in [-0.3, -0.25) is 4.79 Å². The van der Waals surface area contributed by atoms with Crippen LogP contribution in [0.1, 0.15) is 49.5 Å². The molecule has 0 radical (unpaired) electrons. The molecule has 1 saturated heterocycles. The van der Waals surface area contributed by atoms with Gasteiger partial charge < -0.3 is 20.1 Å². The molecule has 1 aliphatic rings. The Labute approximate surface area is 147 Å². The minimum Gasteiger partial charge on any atom is -0.508 e. The molecule has 2 amide bonds. The number of nitrogens with zero attached hydrogens (tertiary/aromatic N) is 1. The number of rotatable bonds is 2. The Morgan fingerprint density at radius 3 is 2.64 bits per heavy atom. The normalized spacial score (nSPS) is 18.0. The predicted octanol–water partition coefficient (Wildman–Crippen LogP) is 2.97. The van der Waals surface area contributed by atoms with Crippen molar-refractivity contribution in [1.82, 2.24) is 10.2 Å². The van der Waals surface area contributed by atoms with E-state index in [1.165, 1.54) is 11.0 Å². The van der Waals surface area contributed by atoms with Crippen molar-refractivity contribution in [3.63, 3.8) is 0 Å². The number of halogens is 1. The second-order valence-electron chi connectivity index (χ2n) is 7.36.